The zero-order chi connectivity index (χ0) is 10.3. The van der Waals surface area contributed by atoms with Gasteiger partial charge in [0.05, 0.1) is 0 Å². The summed E-state index contributed by atoms with van der Waals surface area (Å²) in [6.45, 7) is 0. The van der Waals surface area contributed by atoms with Crippen LogP contribution in [0.5, 0.6) is 0 Å². The van der Waals surface area contributed by atoms with Crippen molar-refractivity contribution in [2.75, 3.05) is 0 Å². The summed E-state index contributed by atoms with van der Waals surface area (Å²) in [5.74, 6) is 2.40. The van der Waals surface area contributed by atoms with E-state index in [9.17, 15) is 0 Å². The Labute approximate surface area is 92.9 Å². The van der Waals surface area contributed by atoms with Gasteiger partial charge in [0.15, 0.2) is 0 Å². The molecule has 2 heterocycles. The maximum atomic E-state index is 5.80. The highest BCUT2D eigenvalue weighted by Gasteiger charge is 2.03. The van der Waals surface area contributed by atoms with Crippen LogP contribution in [0, 0.1) is 0 Å². The van der Waals surface area contributed by atoms with Crippen LogP contribution < -0.4 is 0 Å². The summed E-state index contributed by atoms with van der Waals surface area (Å²) in [6, 6.07) is 4.34. The van der Waals surface area contributed by atoms with Gasteiger partial charge in [0.25, 0.3) is 0 Å². The molecule has 1 aromatic heterocycles. The summed E-state index contributed by atoms with van der Waals surface area (Å²) in [4.78, 5) is 0. The monoisotopic (exact) mass is 206 g/mol. The van der Waals surface area contributed by atoms with E-state index in [1.807, 2.05) is 0 Å². The van der Waals surface area contributed by atoms with Crippen molar-refractivity contribution < 1.29 is 4.42 Å². The fourth-order valence-corrected chi connectivity index (χ4v) is 2.35. The van der Waals surface area contributed by atoms with E-state index < -0.39 is 0 Å². The van der Waals surface area contributed by atoms with Crippen LogP contribution in [-0.4, -0.2) is 0 Å². The van der Waals surface area contributed by atoms with Crippen molar-refractivity contribution in [1.29, 1.82) is 0 Å². The first-order valence-electron chi connectivity index (χ1n) is 6.53. The quantitative estimate of drug-likeness (QED) is 0.609. The molecule has 2 bridgehead atoms. The Morgan fingerprint density at radius 3 is 1.47 bits per heavy atom. The molecule has 0 aromatic carbocycles. The molecule has 0 N–H and O–H groups in total. The first-order valence-corrected chi connectivity index (χ1v) is 6.53. The van der Waals surface area contributed by atoms with E-state index in [4.69, 9.17) is 4.42 Å². The third-order valence-electron chi connectivity index (χ3n) is 3.31. The van der Waals surface area contributed by atoms with E-state index in [-0.39, 0.29) is 0 Å². The molecule has 1 nitrogen and oxygen atoms in total. The Hall–Kier alpha value is -0.720. The predicted octanol–water partition coefficient (Wildman–Crippen LogP) is 4.50. The smallest absolute Gasteiger partial charge is 0.104 e. The molecule has 0 unspecified atom stereocenters. The molecule has 1 aliphatic heterocycles. The number of rotatable bonds is 0. The molecule has 0 spiro atoms. The van der Waals surface area contributed by atoms with Crippen molar-refractivity contribution in [3.05, 3.63) is 23.7 Å². The number of fused-ring (bicyclic) bond motifs is 2. The lowest BCUT2D eigenvalue weighted by Gasteiger charge is -2.00. The molecular weight excluding hydrogens is 184 g/mol. The molecule has 0 aliphatic carbocycles. The predicted molar refractivity (Wildman–Crippen MR) is 63.1 cm³/mol. The lowest BCUT2D eigenvalue weighted by molar-refractivity contribution is 0.451. The third-order valence-corrected chi connectivity index (χ3v) is 3.31. The molecule has 0 amide bonds. The van der Waals surface area contributed by atoms with Gasteiger partial charge in [0, 0.05) is 12.8 Å². The van der Waals surface area contributed by atoms with Crippen molar-refractivity contribution in [3.8, 4) is 0 Å². The van der Waals surface area contributed by atoms with E-state index in [1.165, 1.54) is 62.9 Å². The Bertz CT molecular complexity index is 248. The average Bonchev–Trinajstić information content (AvgIpc) is 2.69. The Kier molecular flexibility index (Phi) is 4.31. The first-order chi connectivity index (χ1) is 7.45. The molecule has 0 saturated carbocycles. The molecule has 2 rings (SSSR count). The highest BCUT2D eigenvalue weighted by Crippen LogP contribution is 2.17. The van der Waals surface area contributed by atoms with Gasteiger partial charge < -0.3 is 4.42 Å². The minimum absolute atomic E-state index is 1.14. The molecule has 0 atom stereocenters. The van der Waals surface area contributed by atoms with Crippen LogP contribution in [0.15, 0.2) is 16.5 Å². The molecular formula is C14H22O. The Morgan fingerprint density at radius 2 is 1.00 bits per heavy atom. The normalized spacial score (nSPS) is 20.0. The first kappa shape index (κ1) is 10.8. The van der Waals surface area contributed by atoms with E-state index in [0.29, 0.717) is 0 Å². The van der Waals surface area contributed by atoms with Crippen LogP contribution in [0.2, 0.25) is 0 Å². The van der Waals surface area contributed by atoms with Crippen LogP contribution in [0.25, 0.3) is 0 Å². The van der Waals surface area contributed by atoms with E-state index in [1.54, 1.807) is 0 Å². The van der Waals surface area contributed by atoms with Gasteiger partial charge in [-0.3, -0.25) is 0 Å². The summed E-state index contributed by atoms with van der Waals surface area (Å²) < 4.78 is 5.80. The molecule has 84 valence electrons. The van der Waals surface area contributed by atoms with Gasteiger partial charge in [-0.15, -0.1) is 0 Å². The van der Waals surface area contributed by atoms with E-state index in [0.717, 1.165) is 12.8 Å². The molecule has 0 saturated heterocycles. The zero-order valence-electron chi connectivity index (χ0n) is 9.63. The van der Waals surface area contributed by atoms with Crippen LogP contribution in [0.4, 0.5) is 0 Å². The molecule has 1 heteroatoms. The maximum Gasteiger partial charge on any atom is 0.104 e. The van der Waals surface area contributed by atoms with Gasteiger partial charge in [0.2, 0.25) is 0 Å². The van der Waals surface area contributed by atoms with E-state index >= 15 is 0 Å². The summed E-state index contributed by atoms with van der Waals surface area (Å²) >= 11 is 0. The van der Waals surface area contributed by atoms with Crippen molar-refractivity contribution in [3.63, 3.8) is 0 Å². The Balaban J connectivity index is 1.88. The van der Waals surface area contributed by atoms with Crippen LogP contribution in [0.1, 0.15) is 62.9 Å². The van der Waals surface area contributed by atoms with Gasteiger partial charge >= 0.3 is 0 Å². The summed E-state index contributed by atoms with van der Waals surface area (Å²) in [7, 11) is 0. The molecule has 15 heavy (non-hydrogen) atoms. The van der Waals surface area contributed by atoms with Gasteiger partial charge in [-0.25, -0.2) is 0 Å². The molecule has 1 aromatic rings. The lowest BCUT2D eigenvalue weighted by Crippen LogP contribution is -1.84. The molecule has 1 aliphatic rings. The second kappa shape index (κ2) is 5.99. The SMILES string of the molecule is c1cc2oc1CCCCCCCCCC2. The average molecular weight is 206 g/mol. The molecule has 0 fully saturated rings. The summed E-state index contributed by atoms with van der Waals surface area (Å²) in [6.07, 6.45) is 13.3. The van der Waals surface area contributed by atoms with Gasteiger partial charge in [-0.1, -0.05) is 38.5 Å². The number of hydrogen-bond donors (Lipinski definition) is 0. The minimum Gasteiger partial charge on any atom is -0.466 e. The van der Waals surface area contributed by atoms with Crippen molar-refractivity contribution in [2.45, 2.75) is 64.2 Å². The summed E-state index contributed by atoms with van der Waals surface area (Å²) in [5, 5.41) is 0. The highest BCUT2D eigenvalue weighted by atomic mass is 16.3. The number of hydrogen-bond acceptors (Lipinski definition) is 1. The van der Waals surface area contributed by atoms with Crippen LogP contribution >= 0.6 is 0 Å². The van der Waals surface area contributed by atoms with Gasteiger partial charge in [-0.2, -0.15) is 0 Å². The van der Waals surface area contributed by atoms with Crippen molar-refractivity contribution in [1.82, 2.24) is 0 Å². The molecule has 0 radical (unpaired) electrons. The Morgan fingerprint density at radius 1 is 0.600 bits per heavy atom. The highest BCUT2D eigenvalue weighted by molar-refractivity contribution is 5.07. The topological polar surface area (TPSA) is 13.1 Å². The standard InChI is InChI=1S/C14H22O/c1-2-4-6-8-10-14-12-11-13(15-14)9-7-5-3-1/h11-12H,1-10H2. The second-order valence-electron chi connectivity index (χ2n) is 4.70. The van der Waals surface area contributed by atoms with Gasteiger partial charge in [-0.05, 0) is 25.0 Å². The van der Waals surface area contributed by atoms with E-state index in [2.05, 4.69) is 12.1 Å². The van der Waals surface area contributed by atoms with Crippen LogP contribution in [0.3, 0.4) is 0 Å². The fourth-order valence-electron chi connectivity index (χ4n) is 2.35. The van der Waals surface area contributed by atoms with Crippen LogP contribution in [-0.2, 0) is 12.8 Å². The maximum absolute atomic E-state index is 5.80. The summed E-state index contributed by atoms with van der Waals surface area (Å²) in [5.41, 5.74) is 0. The van der Waals surface area contributed by atoms with Crippen molar-refractivity contribution >= 4 is 0 Å². The number of furan rings is 1. The third kappa shape index (κ3) is 3.73. The zero-order valence-corrected chi connectivity index (χ0v) is 9.63. The van der Waals surface area contributed by atoms with Crippen molar-refractivity contribution in [2.24, 2.45) is 0 Å². The second-order valence-corrected chi connectivity index (χ2v) is 4.70. The number of aryl methyl sites for hydroxylation is 2. The lowest BCUT2D eigenvalue weighted by atomic mass is 10.1. The largest absolute Gasteiger partial charge is 0.466 e. The fraction of sp³-hybridized carbons (Fsp3) is 0.714. The minimum atomic E-state index is 1.14. The van der Waals surface area contributed by atoms with Gasteiger partial charge in [0.1, 0.15) is 11.5 Å².